The number of pyridine rings is 1. The molecule has 0 amide bonds. The molecule has 3 heterocycles. The summed E-state index contributed by atoms with van der Waals surface area (Å²) in [5.41, 5.74) is 3.97. The molecule has 1 aliphatic rings. The Kier molecular flexibility index (Phi) is 3.11. The van der Waals surface area contributed by atoms with Crippen LogP contribution in [0.15, 0.2) is 42.7 Å². The van der Waals surface area contributed by atoms with Gasteiger partial charge in [-0.3, -0.25) is 0 Å². The van der Waals surface area contributed by atoms with Crippen LogP contribution in [-0.4, -0.2) is 22.7 Å². The summed E-state index contributed by atoms with van der Waals surface area (Å²) in [6, 6.07) is 9.98. The second kappa shape index (κ2) is 5.26. The third-order valence-electron chi connectivity index (χ3n) is 3.70. The summed E-state index contributed by atoms with van der Waals surface area (Å²) >= 11 is 0. The predicted molar refractivity (Wildman–Crippen MR) is 85.5 cm³/mol. The summed E-state index contributed by atoms with van der Waals surface area (Å²) in [6.07, 6.45) is 5.20. The first-order chi connectivity index (χ1) is 10.8. The second-order valence-corrected chi connectivity index (χ2v) is 5.30. The van der Waals surface area contributed by atoms with E-state index in [1.54, 1.807) is 0 Å². The van der Waals surface area contributed by atoms with E-state index in [9.17, 15) is 0 Å². The van der Waals surface area contributed by atoms with E-state index in [1.807, 2.05) is 34.9 Å². The summed E-state index contributed by atoms with van der Waals surface area (Å²) in [4.78, 5) is 4.67. The highest BCUT2D eigenvalue weighted by Gasteiger charge is 2.15. The summed E-state index contributed by atoms with van der Waals surface area (Å²) < 4.78 is 12.8. The second-order valence-electron chi connectivity index (χ2n) is 5.30. The number of benzene rings is 1. The molecular weight excluding hydrogens is 278 g/mol. The van der Waals surface area contributed by atoms with Gasteiger partial charge < -0.3 is 19.2 Å². The van der Waals surface area contributed by atoms with Gasteiger partial charge in [0, 0.05) is 24.5 Å². The van der Waals surface area contributed by atoms with Crippen molar-refractivity contribution >= 4 is 11.3 Å². The predicted octanol–water partition coefficient (Wildman–Crippen LogP) is 3.55. The summed E-state index contributed by atoms with van der Waals surface area (Å²) in [5, 5.41) is 3.38. The van der Waals surface area contributed by atoms with E-state index in [0.29, 0.717) is 0 Å². The van der Waals surface area contributed by atoms with Crippen LogP contribution in [0.1, 0.15) is 13.3 Å². The van der Waals surface area contributed by atoms with Gasteiger partial charge in [-0.1, -0.05) is 6.92 Å². The van der Waals surface area contributed by atoms with Gasteiger partial charge in [0.25, 0.3) is 0 Å². The number of nitrogens with one attached hydrogen (secondary N) is 1. The zero-order valence-corrected chi connectivity index (χ0v) is 12.4. The topological polar surface area (TPSA) is 47.8 Å². The van der Waals surface area contributed by atoms with Crippen LogP contribution in [-0.2, 0) is 0 Å². The summed E-state index contributed by atoms with van der Waals surface area (Å²) in [6.45, 7) is 3.41. The van der Waals surface area contributed by atoms with Gasteiger partial charge >= 0.3 is 0 Å². The lowest BCUT2D eigenvalue weighted by molar-refractivity contribution is 0.174. The lowest BCUT2D eigenvalue weighted by Gasteiger charge is -2.04. The molecule has 0 radical (unpaired) electrons. The fourth-order valence-corrected chi connectivity index (χ4v) is 2.56. The lowest BCUT2D eigenvalue weighted by atomic mass is 10.1. The molecule has 0 saturated carbocycles. The SMILES string of the molecule is CCCNc1ccc2nc(-c3ccc4c(c3)OCO4)cn2c1. The van der Waals surface area contributed by atoms with E-state index >= 15 is 0 Å². The third-order valence-corrected chi connectivity index (χ3v) is 3.70. The van der Waals surface area contributed by atoms with Crippen molar-refractivity contribution in [2.24, 2.45) is 0 Å². The monoisotopic (exact) mass is 295 g/mol. The first-order valence-corrected chi connectivity index (χ1v) is 7.46. The van der Waals surface area contributed by atoms with Gasteiger partial charge in [-0.25, -0.2) is 4.98 Å². The smallest absolute Gasteiger partial charge is 0.231 e. The van der Waals surface area contributed by atoms with Crippen LogP contribution in [0.2, 0.25) is 0 Å². The molecule has 4 rings (SSSR count). The van der Waals surface area contributed by atoms with E-state index < -0.39 is 0 Å². The highest BCUT2D eigenvalue weighted by atomic mass is 16.7. The van der Waals surface area contributed by atoms with Crippen molar-refractivity contribution in [3.63, 3.8) is 0 Å². The third kappa shape index (κ3) is 2.24. The number of nitrogens with zero attached hydrogens (tertiary/aromatic N) is 2. The molecule has 5 heteroatoms. The van der Waals surface area contributed by atoms with Gasteiger partial charge in [0.1, 0.15) is 5.65 Å². The molecule has 2 aromatic heterocycles. The molecule has 0 bridgehead atoms. The van der Waals surface area contributed by atoms with Crippen molar-refractivity contribution in [3.8, 4) is 22.8 Å². The van der Waals surface area contributed by atoms with Gasteiger partial charge in [-0.2, -0.15) is 0 Å². The number of hydrogen-bond donors (Lipinski definition) is 1. The van der Waals surface area contributed by atoms with Crippen LogP contribution in [0, 0.1) is 0 Å². The van der Waals surface area contributed by atoms with E-state index in [-0.39, 0.29) is 6.79 Å². The van der Waals surface area contributed by atoms with Gasteiger partial charge in [-0.15, -0.1) is 0 Å². The Bertz CT molecular complexity index is 826. The zero-order chi connectivity index (χ0) is 14.9. The number of imidazole rings is 1. The number of aromatic nitrogens is 2. The fourth-order valence-electron chi connectivity index (χ4n) is 2.56. The molecule has 1 N–H and O–H groups in total. The molecule has 0 unspecified atom stereocenters. The molecule has 3 aromatic rings. The summed E-state index contributed by atoms with van der Waals surface area (Å²) in [5.74, 6) is 1.57. The van der Waals surface area contributed by atoms with Gasteiger partial charge in [0.2, 0.25) is 6.79 Å². The lowest BCUT2D eigenvalue weighted by Crippen LogP contribution is -2.00. The largest absolute Gasteiger partial charge is 0.454 e. The molecule has 0 fully saturated rings. The maximum Gasteiger partial charge on any atom is 0.231 e. The van der Waals surface area contributed by atoms with Crippen LogP contribution in [0.4, 0.5) is 5.69 Å². The van der Waals surface area contributed by atoms with Crippen LogP contribution < -0.4 is 14.8 Å². The molecule has 0 atom stereocenters. The quantitative estimate of drug-likeness (QED) is 0.799. The first-order valence-electron chi connectivity index (χ1n) is 7.46. The summed E-state index contributed by atoms with van der Waals surface area (Å²) in [7, 11) is 0. The van der Waals surface area contributed by atoms with Crippen LogP contribution in [0.25, 0.3) is 16.9 Å². The molecule has 22 heavy (non-hydrogen) atoms. The Hall–Kier alpha value is -2.69. The van der Waals surface area contributed by atoms with Crippen molar-refractivity contribution in [3.05, 3.63) is 42.7 Å². The number of fused-ring (bicyclic) bond motifs is 2. The molecule has 1 aliphatic heterocycles. The van der Waals surface area contributed by atoms with Crippen LogP contribution in [0.5, 0.6) is 11.5 Å². The minimum Gasteiger partial charge on any atom is -0.454 e. The minimum atomic E-state index is 0.288. The average Bonchev–Trinajstić information content (AvgIpc) is 3.17. The van der Waals surface area contributed by atoms with E-state index in [4.69, 9.17) is 9.47 Å². The molecular formula is C17H17N3O2. The van der Waals surface area contributed by atoms with Crippen molar-refractivity contribution in [2.45, 2.75) is 13.3 Å². The molecule has 0 aliphatic carbocycles. The van der Waals surface area contributed by atoms with E-state index in [1.165, 1.54) is 0 Å². The molecule has 5 nitrogen and oxygen atoms in total. The van der Waals surface area contributed by atoms with Crippen LogP contribution >= 0.6 is 0 Å². The van der Waals surface area contributed by atoms with Gasteiger partial charge in [0.15, 0.2) is 11.5 Å². The number of rotatable bonds is 4. The van der Waals surface area contributed by atoms with Crippen molar-refractivity contribution in [2.75, 3.05) is 18.7 Å². The number of anilines is 1. The normalized spacial score (nSPS) is 12.8. The van der Waals surface area contributed by atoms with Crippen molar-refractivity contribution in [1.29, 1.82) is 0 Å². The van der Waals surface area contributed by atoms with Gasteiger partial charge in [-0.05, 0) is 36.8 Å². The Morgan fingerprint density at radius 3 is 2.95 bits per heavy atom. The van der Waals surface area contributed by atoms with Crippen molar-refractivity contribution < 1.29 is 9.47 Å². The standard InChI is InChI=1S/C17H17N3O2/c1-2-7-18-13-4-6-17-19-14(10-20(17)9-13)12-3-5-15-16(8-12)22-11-21-15/h3-6,8-10,18H,2,7,11H2,1H3. The maximum atomic E-state index is 5.43. The molecule has 1 aromatic carbocycles. The zero-order valence-electron chi connectivity index (χ0n) is 12.4. The molecule has 112 valence electrons. The maximum absolute atomic E-state index is 5.43. The van der Waals surface area contributed by atoms with E-state index in [0.717, 1.165) is 47.1 Å². The Balaban J connectivity index is 1.70. The minimum absolute atomic E-state index is 0.288. The first kappa shape index (κ1) is 13.0. The van der Waals surface area contributed by atoms with Crippen molar-refractivity contribution in [1.82, 2.24) is 9.38 Å². The molecule has 0 spiro atoms. The average molecular weight is 295 g/mol. The number of ether oxygens (including phenoxy) is 2. The Morgan fingerprint density at radius 1 is 1.14 bits per heavy atom. The highest BCUT2D eigenvalue weighted by molar-refractivity contribution is 5.67. The Labute approximate surface area is 128 Å². The fraction of sp³-hybridized carbons (Fsp3) is 0.235. The number of hydrogen-bond acceptors (Lipinski definition) is 4. The van der Waals surface area contributed by atoms with E-state index in [2.05, 4.69) is 29.5 Å². The Morgan fingerprint density at radius 2 is 2.05 bits per heavy atom. The van der Waals surface area contributed by atoms with Crippen LogP contribution in [0.3, 0.4) is 0 Å². The van der Waals surface area contributed by atoms with Gasteiger partial charge in [0.05, 0.1) is 11.4 Å². The highest BCUT2D eigenvalue weighted by Crippen LogP contribution is 2.35. The molecule has 0 saturated heterocycles.